The van der Waals surface area contributed by atoms with Crippen LogP contribution >= 0.6 is 0 Å². The maximum Gasteiger partial charge on any atom is 0.278 e. The van der Waals surface area contributed by atoms with Crippen molar-refractivity contribution >= 4 is 5.91 Å². The Kier molecular flexibility index (Phi) is 3.88. The summed E-state index contributed by atoms with van der Waals surface area (Å²) in [7, 11) is 0. The molecule has 0 spiro atoms. The maximum atomic E-state index is 11.6. The molecule has 92 valence electrons. The van der Waals surface area contributed by atoms with Gasteiger partial charge in [-0.15, -0.1) is 0 Å². The first-order valence-corrected chi connectivity index (χ1v) is 5.36. The highest BCUT2D eigenvalue weighted by Gasteiger charge is 2.10. The predicted octanol–water partition coefficient (Wildman–Crippen LogP) is 1.65. The van der Waals surface area contributed by atoms with Gasteiger partial charge < -0.3 is 5.11 Å². The van der Waals surface area contributed by atoms with E-state index in [2.05, 4.69) is 10.5 Å². The third kappa shape index (κ3) is 3.05. The summed E-state index contributed by atoms with van der Waals surface area (Å²) >= 11 is 0. The van der Waals surface area contributed by atoms with Gasteiger partial charge in [0.2, 0.25) is 0 Å². The molecule has 0 unspecified atom stereocenters. The van der Waals surface area contributed by atoms with Crippen LogP contribution in [0.25, 0.3) is 0 Å². The van der Waals surface area contributed by atoms with E-state index < -0.39 is 5.91 Å². The zero-order valence-corrected chi connectivity index (χ0v) is 9.54. The van der Waals surface area contributed by atoms with Crippen molar-refractivity contribution in [1.82, 2.24) is 10.5 Å². The van der Waals surface area contributed by atoms with E-state index in [-0.39, 0.29) is 17.9 Å². The summed E-state index contributed by atoms with van der Waals surface area (Å²) in [6.07, 6.45) is 2.62. The molecule has 1 amide bonds. The first-order valence-electron chi connectivity index (χ1n) is 5.36. The summed E-state index contributed by atoms with van der Waals surface area (Å²) in [5.74, 6) is -0.691. The fourth-order valence-electron chi connectivity index (χ4n) is 1.39. The van der Waals surface area contributed by atoms with Gasteiger partial charge in [-0.05, 0) is 11.6 Å². The zero-order chi connectivity index (χ0) is 12.8. The van der Waals surface area contributed by atoms with Crippen LogP contribution in [0.1, 0.15) is 15.9 Å². The maximum absolute atomic E-state index is 11.6. The van der Waals surface area contributed by atoms with Crippen molar-refractivity contribution in [2.24, 2.45) is 0 Å². The number of nitrogens with zero attached hydrogens (tertiary/aromatic N) is 1. The summed E-state index contributed by atoms with van der Waals surface area (Å²) in [6, 6.07) is 10.9. The second kappa shape index (κ2) is 5.79. The minimum atomic E-state index is -0.508. The normalized spacial score (nSPS) is 10.0. The number of pyridine rings is 1. The van der Waals surface area contributed by atoms with Crippen LogP contribution in [-0.2, 0) is 11.4 Å². The van der Waals surface area contributed by atoms with E-state index in [0.29, 0.717) is 0 Å². The molecule has 1 heterocycles. The Morgan fingerprint density at radius 2 is 2.06 bits per heavy atom. The number of hydrogen-bond acceptors (Lipinski definition) is 4. The topological polar surface area (TPSA) is 71.5 Å². The number of rotatable bonds is 4. The lowest BCUT2D eigenvalue weighted by atomic mass is 10.2. The van der Waals surface area contributed by atoms with Gasteiger partial charge in [0, 0.05) is 6.20 Å². The molecule has 5 nitrogen and oxygen atoms in total. The molecule has 2 rings (SSSR count). The highest BCUT2D eigenvalue weighted by molar-refractivity contribution is 5.95. The SMILES string of the molecule is O=C(NOCc1ccccc1)c1ccncc1O. The second-order valence-electron chi connectivity index (χ2n) is 3.60. The van der Waals surface area contributed by atoms with Crippen LogP contribution in [0.3, 0.4) is 0 Å². The molecule has 0 atom stereocenters. The molecule has 1 aromatic heterocycles. The minimum absolute atomic E-state index is 0.123. The number of amides is 1. The molecule has 0 saturated heterocycles. The van der Waals surface area contributed by atoms with Gasteiger partial charge in [-0.25, -0.2) is 5.48 Å². The Labute approximate surface area is 104 Å². The first kappa shape index (κ1) is 12.1. The quantitative estimate of drug-likeness (QED) is 0.802. The van der Waals surface area contributed by atoms with E-state index in [0.717, 1.165) is 5.56 Å². The number of carbonyl (C=O) groups is 1. The number of carbonyl (C=O) groups excluding carboxylic acids is 1. The van der Waals surface area contributed by atoms with Crippen LogP contribution in [-0.4, -0.2) is 16.0 Å². The van der Waals surface area contributed by atoms with Crippen molar-refractivity contribution in [3.8, 4) is 5.75 Å². The van der Waals surface area contributed by atoms with Gasteiger partial charge in [-0.3, -0.25) is 14.6 Å². The minimum Gasteiger partial charge on any atom is -0.505 e. The second-order valence-corrected chi connectivity index (χ2v) is 3.60. The van der Waals surface area contributed by atoms with Crippen LogP contribution in [0.4, 0.5) is 0 Å². The lowest BCUT2D eigenvalue weighted by molar-refractivity contribution is 0.0231. The highest BCUT2D eigenvalue weighted by Crippen LogP contribution is 2.13. The molecule has 0 bridgehead atoms. The molecule has 5 heteroatoms. The summed E-state index contributed by atoms with van der Waals surface area (Å²) in [5, 5.41) is 9.42. The number of aromatic nitrogens is 1. The van der Waals surface area contributed by atoms with Gasteiger partial charge in [-0.1, -0.05) is 30.3 Å². The number of aromatic hydroxyl groups is 1. The van der Waals surface area contributed by atoms with Gasteiger partial charge in [0.25, 0.3) is 5.91 Å². The Balaban J connectivity index is 1.88. The van der Waals surface area contributed by atoms with Gasteiger partial charge in [0.05, 0.1) is 18.4 Å². The first-order chi connectivity index (χ1) is 8.77. The van der Waals surface area contributed by atoms with E-state index >= 15 is 0 Å². The van der Waals surface area contributed by atoms with Crippen LogP contribution < -0.4 is 5.48 Å². The standard InChI is InChI=1S/C13H12N2O3/c16-12-8-14-7-6-11(12)13(17)15-18-9-10-4-2-1-3-5-10/h1-8,16H,9H2,(H,15,17). The number of hydrogen-bond donors (Lipinski definition) is 2. The molecule has 2 N–H and O–H groups in total. The van der Waals surface area contributed by atoms with Gasteiger partial charge >= 0.3 is 0 Å². The van der Waals surface area contributed by atoms with Crippen LogP contribution in [0, 0.1) is 0 Å². The van der Waals surface area contributed by atoms with Crippen molar-refractivity contribution in [1.29, 1.82) is 0 Å². The van der Waals surface area contributed by atoms with Crippen molar-refractivity contribution in [2.75, 3.05) is 0 Å². The molecule has 2 aromatic rings. The molecule has 0 saturated carbocycles. The lowest BCUT2D eigenvalue weighted by Crippen LogP contribution is -2.23. The van der Waals surface area contributed by atoms with Gasteiger partial charge in [0.1, 0.15) is 5.75 Å². The molecular formula is C13H12N2O3. The monoisotopic (exact) mass is 244 g/mol. The van der Waals surface area contributed by atoms with Crippen molar-refractivity contribution < 1.29 is 14.7 Å². The van der Waals surface area contributed by atoms with Gasteiger partial charge in [-0.2, -0.15) is 0 Å². The Hall–Kier alpha value is -2.40. The van der Waals surface area contributed by atoms with Gasteiger partial charge in [0.15, 0.2) is 0 Å². The van der Waals surface area contributed by atoms with Crippen LogP contribution in [0.2, 0.25) is 0 Å². The van der Waals surface area contributed by atoms with E-state index in [1.54, 1.807) is 0 Å². The molecular weight excluding hydrogens is 232 g/mol. The largest absolute Gasteiger partial charge is 0.505 e. The number of nitrogens with one attached hydrogen (secondary N) is 1. The molecule has 0 aliphatic rings. The molecule has 0 radical (unpaired) electrons. The Bertz CT molecular complexity index is 529. The van der Waals surface area contributed by atoms with E-state index in [4.69, 9.17) is 4.84 Å². The smallest absolute Gasteiger partial charge is 0.278 e. The Morgan fingerprint density at radius 1 is 1.28 bits per heavy atom. The molecule has 1 aromatic carbocycles. The van der Waals surface area contributed by atoms with E-state index in [9.17, 15) is 9.90 Å². The number of hydroxylamine groups is 1. The van der Waals surface area contributed by atoms with Crippen molar-refractivity contribution in [3.63, 3.8) is 0 Å². The van der Waals surface area contributed by atoms with Crippen molar-refractivity contribution in [3.05, 3.63) is 59.9 Å². The molecule has 0 aliphatic carbocycles. The van der Waals surface area contributed by atoms with E-state index in [1.807, 2.05) is 30.3 Å². The van der Waals surface area contributed by atoms with Crippen molar-refractivity contribution in [2.45, 2.75) is 6.61 Å². The average molecular weight is 244 g/mol. The fourth-order valence-corrected chi connectivity index (χ4v) is 1.39. The van der Waals surface area contributed by atoms with E-state index in [1.165, 1.54) is 18.5 Å². The third-order valence-electron chi connectivity index (χ3n) is 2.29. The average Bonchev–Trinajstić information content (AvgIpc) is 2.40. The lowest BCUT2D eigenvalue weighted by Gasteiger charge is -2.06. The fraction of sp³-hybridized carbons (Fsp3) is 0.0769. The summed E-state index contributed by atoms with van der Waals surface area (Å²) in [5.41, 5.74) is 3.33. The Morgan fingerprint density at radius 3 is 2.78 bits per heavy atom. The van der Waals surface area contributed by atoms with Crippen LogP contribution in [0.15, 0.2) is 48.8 Å². The molecule has 0 fully saturated rings. The number of benzene rings is 1. The predicted molar refractivity (Wildman–Crippen MR) is 64.6 cm³/mol. The zero-order valence-electron chi connectivity index (χ0n) is 9.54. The molecule has 18 heavy (non-hydrogen) atoms. The van der Waals surface area contributed by atoms with Crippen LogP contribution in [0.5, 0.6) is 5.75 Å². The summed E-state index contributed by atoms with van der Waals surface area (Å²) < 4.78 is 0. The molecule has 0 aliphatic heterocycles. The third-order valence-corrected chi connectivity index (χ3v) is 2.29. The summed E-state index contributed by atoms with van der Waals surface area (Å²) in [6.45, 7) is 0.262. The highest BCUT2D eigenvalue weighted by atomic mass is 16.6. The summed E-state index contributed by atoms with van der Waals surface area (Å²) in [4.78, 5) is 20.4.